The van der Waals surface area contributed by atoms with Crippen molar-refractivity contribution in [3.63, 3.8) is 0 Å². The van der Waals surface area contributed by atoms with Crippen LogP contribution in [0.15, 0.2) is 41.7 Å². The Morgan fingerprint density at radius 3 is 2.45 bits per heavy atom. The van der Waals surface area contributed by atoms with Gasteiger partial charge in [-0.15, -0.1) is 0 Å². The molecule has 0 saturated carbocycles. The molecule has 0 saturated heterocycles. The Morgan fingerprint density at radius 2 is 1.95 bits per heavy atom. The van der Waals surface area contributed by atoms with Gasteiger partial charge in [0.25, 0.3) is 0 Å². The summed E-state index contributed by atoms with van der Waals surface area (Å²) < 4.78 is 42.9. The molecule has 1 aliphatic carbocycles. The number of phenolic OH excluding ortho intramolecular Hbond substituents is 1. The van der Waals surface area contributed by atoms with Gasteiger partial charge in [0.05, 0.1) is 0 Å². The van der Waals surface area contributed by atoms with Gasteiger partial charge in [0.1, 0.15) is 17.3 Å². The lowest BCUT2D eigenvalue weighted by Gasteiger charge is -2.17. The van der Waals surface area contributed by atoms with Gasteiger partial charge in [-0.25, -0.2) is 0 Å². The van der Waals surface area contributed by atoms with Crippen molar-refractivity contribution in [2.45, 2.75) is 32.4 Å². The molecule has 0 fully saturated rings. The van der Waals surface area contributed by atoms with Gasteiger partial charge in [0.2, 0.25) is 0 Å². The van der Waals surface area contributed by atoms with E-state index in [4.69, 9.17) is 4.74 Å². The minimum atomic E-state index is -4.27. The Hall–Kier alpha value is -1.91. The van der Waals surface area contributed by atoms with Crippen LogP contribution < -0.4 is 4.74 Å². The maximum atomic E-state index is 12.5. The molecule has 0 spiro atoms. The molecule has 1 aromatic rings. The van der Waals surface area contributed by atoms with Crippen LogP contribution in [0.25, 0.3) is 0 Å². The number of rotatable bonds is 3. The first-order chi connectivity index (χ1) is 9.40. The average molecular weight is 284 g/mol. The molecular weight excluding hydrogens is 269 g/mol. The van der Waals surface area contributed by atoms with Gasteiger partial charge in [-0.2, -0.15) is 13.2 Å². The molecule has 108 valence electrons. The van der Waals surface area contributed by atoms with Crippen LogP contribution in [-0.4, -0.2) is 11.3 Å². The van der Waals surface area contributed by atoms with E-state index in [-0.39, 0.29) is 18.6 Å². The fourth-order valence-electron chi connectivity index (χ4n) is 2.00. The molecule has 0 bridgehead atoms. The number of ether oxygens (including phenoxy) is 1. The zero-order chi connectivity index (χ0) is 14.8. The Kier molecular flexibility index (Phi) is 4.06. The molecule has 2 nitrogen and oxygen atoms in total. The van der Waals surface area contributed by atoms with Gasteiger partial charge >= 0.3 is 6.18 Å². The summed E-state index contributed by atoms with van der Waals surface area (Å²) in [5, 5.41) is 9.71. The van der Waals surface area contributed by atoms with Gasteiger partial charge in [0.15, 0.2) is 0 Å². The number of alkyl halides is 3. The number of hydrogen-bond acceptors (Lipinski definition) is 2. The summed E-state index contributed by atoms with van der Waals surface area (Å²) in [6, 6.07) is 4.91. The summed E-state index contributed by atoms with van der Waals surface area (Å²) >= 11 is 0. The molecule has 2 rings (SSSR count). The van der Waals surface area contributed by atoms with E-state index in [1.807, 2.05) is 6.92 Å². The summed E-state index contributed by atoms with van der Waals surface area (Å²) in [5.74, 6) is 1.02. The van der Waals surface area contributed by atoms with Crippen LogP contribution >= 0.6 is 0 Å². The van der Waals surface area contributed by atoms with Crippen LogP contribution in [0.1, 0.15) is 25.3 Å². The Bertz CT molecular complexity index is 557. The molecule has 0 aromatic heterocycles. The second kappa shape index (κ2) is 5.61. The van der Waals surface area contributed by atoms with Crippen molar-refractivity contribution in [2.24, 2.45) is 0 Å². The number of aromatic hydroxyl groups is 1. The number of hydrogen-bond donors (Lipinski definition) is 1. The van der Waals surface area contributed by atoms with E-state index >= 15 is 0 Å². The molecule has 0 aliphatic heterocycles. The number of aryl methyl sites for hydroxylation is 1. The molecular formula is C15H15F3O2. The highest BCUT2D eigenvalue weighted by Gasteiger charge is 2.33. The maximum absolute atomic E-state index is 12.5. The van der Waals surface area contributed by atoms with Crippen molar-refractivity contribution in [3.05, 3.63) is 47.2 Å². The normalized spacial score (nSPS) is 15.6. The summed E-state index contributed by atoms with van der Waals surface area (Å²) in [6.07, 6.45) is -1.10. The van der Waals surface area contributed by atoms with Crippen LogP contribution in [0.3, 0.4) is 0 Å². The Labute approximate surface area is 115 Å². The van der Waals surface area contributed by atoms with Gasteiger partial charge in [-0.05, 0) is 30.5 Å². The molecule has 0 unspecified atom stereocenters. The minimum absolute atomic E-state index is 0.0889. The lowest BCUT2D eigenvalue weighted by atomic mass is 10.0. The third-order valence-corrected chi connectivity index (χ3v) is 3.16. The minimum Gasteiger partial charge on any atom is -0.508 e. The second-order valence-corrected chi connectivity index (χ2v) is 4.57. The van der Waals surface area contributed by atoms with E-state index in [9.17, 15) is 18.3 Å². The van der Waals surface area contributed by atoms with Crippen molar-refractivity contribution >= 4 is 0 Å². The summed E-state index contributed by atoms with van der Waals surface area (Å²) in [5.41, 5.74) is 0.253. The van der Waals surface area contributed by atoms with Crippen LogP contribution in [-0.2, 0) is 6.42 Å². The topological polar surface area (TPSA) is 29.5 Å². The second-order valence-electron chi connectivity index (χ2n) is 4.57. The van der Waals surface area contributed by atoms with Crippen molar-refractivity contribution in [3.8, 4) is 11.5 Å². The van der Waals surface area contributed by atoms with E-state index in [2.05, 4.69) is 0 Å². The van der Waals surface area contributed by atoms with E-state index < -0.39 is 11.7 Å². The van der Waals surface area contributed by atoms with E-state index in [0.717, 1.165) is 11.6 Å². The SMILES string of the molecule is CCc1ccc(OC2=CC=C(C(F)(F)F)CC2)cc1O. The van der Waals surface area contributed by atoms with Gasteiger partial charge in [-0.1, -0.05) is 19.1 Å². The summed E-state index contributed by atoms with van der Waals surface area (Å²) in [7, 11) is 0. The predicted octanol–water partition coefficient (Wildman–Crippen LogP) is 4.50. The molecule has 0 atom stereocenters. The average Bonchev–Trinajstić information content (AvgIpc) is 2.38. The first kappa shape index (κ1) is 14.5. The van der Waals surface area contributed by atoms with Gasteiger partial charge in [-0.3, -0.25) is 0 Å². The predicted molar refractivity (Wildman–Crippen MR) is 69.6 cm³/mol. The molecule has 0 amide bonds. The highest BCUT2D eigenvalue weighted by atomic mass is 19.4. The molecule has 1 N–H and O–H groups in total. The van der Waals surface area contributed by atoms with Crippen molar-refractivity contribution in [1.82, 2.24) is 0 Å². The summed E-state index contributed by atoms with van der Waals surface area (Å²) in [6.45, 7) is 1.92. The van der Waals surface area contributed by atoms with Gasteiger partial charge < -0.3 is 9.84 Å². The van der Waals surface area contributed by atoms with Crippen LogP contribution in [0.2, 0.25) is 0 Å². The first-order valence-electron chi connectivity index (χ1n) is 6.37. The van der Waals surface area contributed by atoms with E-state index in [0.29, 0.717) is 17.9 Å². The highest BCUT2D eigenvalue weighted by Crippen LogP contribution is 2.34. The zero-order valence-electron chi connectivity index (χ0n) is 11.0. The Balaban J connectivity index is 2.10. The monoisotopic (exact) mass is 284 g/mol. The van der Waals surface area contributed by atoms with Crippen LogP contribution in [0.4, 0.5) is 13.2 Å². The molecule has 20 heavy (non-hydrogen) atoms. The van der Waals surface area contributed by atoms with Crippen LogP contribution in [0.5, 0.6) is 11.5 Å². The summed E-state index contributed by atoms with van der Waals surface area (Å²) in [4.78, 5) is 0. The highest BCUT2D eigenvalue weighted by molar-refractivity contribution is 5.40. The molecule has 5 heteroatoms. The fraction of sp³-hybridized carbons (Fsp3) is 0.333. The first-order valence-corrected chi connectivity index (χ1v) is 6.37. The number of allylic oxidation sites excluding steroid dienone is 4. The number of halogens is 3. The third kappa shape index (κ3) is 3.35. The quantitative estimate of drug-likeness (QED) is 0.885. The third-order valence-electron chi connectivity index (χ3n) is 3.16. The standard InChI is InChI=1S/C15H15F3O2/c1-2-10-3-6-13(9-14(10)19)20-12-7-4-11(5-8-12)15(16,17)18/h3-4,6-7,9,19H,2,5,8H2,1H3. The lowest BCUT2D eigenvalue weighted by molar-refractivity contribution is -0.0942. The van der Waals surface area contributed by atoms with E-state index in [1.165, 1.54) is 12.1 Å². The molecule has 0 heterocycles. The van der Waals surface area contributed by atoms with Crippen molar-refractivity contribution in [2.75, 3.05) is 0 Å². The van der Waals surface area contributed by atoms with Gasteiger partial charge in [0, 0.05) is 18.1 Å². The van der Waals surface area contributed by atoms with E-state index in [1.54, 1.807) is 12.1 Å². The van der Waals surface area contributed by atoms with Crippen molar-refractivity contribution in [1.29, 1.82) is 0 Å². The van der Waals surface area contributed by atoms with Crippen LogP contribution in [0, 0.1) is 0 Å². The maximum Gasteiger partial charge on any atom is 0.412 e. The fourth-order valence-corrected chi connectivity index (χ4v) is 2.00. The molecule has 1 aromatic carbocycles. The van der Waals surface area contributed by atoms with Crippen molar-refractivity contribution < 1.29 is 23.0 Å². The molecule has 1 aliphatic rings. The smallest absolute Gasteiger partial charge is 0.412 e. The zero-order valence-corrected chi connectivity index (χ0v) is 11.0. The number of benzene rings is 1. The number of phenols is 1. The largest absolute Gasteiger partial charge is 0.508 e. The molecule has 0 radical (unpaired) electrons. The Morgan fingerprint density at radius 1 is 1.20 bits per heavy atom. The lowest BCUT2D eigenvalue weighted by Crippen LogP contribution is -2.14.